The van der Waals surface area contributed by atoms with Gasteiger partial charge in [0.15, 0.2) is 6.61 Å². The summed E-state index contributed by atoms with van der Waals surface area (Å²) in [5, 5.41) is 5.30. The molecule has 0 fully saturated rings. The summed E-state index contributed by atoms with van der Waals surface area (Å²) in [4.78, 5) is 12.2. The second-order valence-electron chi connectivity index (χ2n) is 7.49. The monoisotopic (exact) mass is 347 g/mol. The van der Waals surface area contributed by atoms with Gasteiger partial charge in [-0.2, -0.15) is 0 Å². The van der Waals surface area contributed by atoms with Crippen LogP contribution in [0.1, 0.15) is 31.9 Å². The van der Waals surface area contributed by atoms with Crippen LogP contribution in [-0.2, 0) is 16.8 Å². The Labute approximate surface area is 155 Å². The van der Waals surface area contributed by atoms with E-state index in [1.54, 1.807) is 0 Å². The third kappa shape index (κ3) is 4.42. The fourth-order valence-electron chi connectivity index (χ4n) is 2.96. The van der Waals surface area contributed by atoms with Crippen LogP contribution in [0, 0.1) is 0 Å². The van der Waals surface area contributed by atoms with Gasteiger partial charge in [0.25, 0.3) is 5.91 Å². The highest BCUT2D eigenvalue weighted by molar-refractivity contribution is 5.83. The molecular formula is C23H25NO2. The van der Waals surface area contributed by atoms with Crippen molar-refractivity contribution < 1.29 is 9.53 Å². The predicted molar refractivity (Wildman–Crippen MR) is 106 cm³/mol. The van der Waals surface area contributed by atoms with E-state index in [4.69, 9.17) is 4.74 Å². The van der Waals surface area contributed by atoms with Crippen LogP contribution in [0.15, 0.2) is 66.7 Å². The minimum atomic E-state index is -0.123. The van der Waals surface area contributed by atoms with E-state index >= 15 is 0 Å². The first-order valence-corrected chi connectivity index (χ1v) is 8.90. The molecule has 0 saturated carbocycles. The summed E-state index contributed by atoms with van der Waals surface area (Å²) in [5.74, 6) is 0.641. The smallest absolute Gasteiger partial charge is 0.258 e. The van der Waals surface area contributed by atoms with Gasteiger partial charge in [-0.15, -0.1) is 0 Å². The van der Waals surface area contributed by atoms with Crippen LogP contribution in [-0.4, -0.2) is 12.5 Å². The highest BCUT2D eigenvalue weighted by Gasteiger charge is 2.18. The molecule has 0 saturated heterocycles. The molecule has 0 aliphatic carbocycles. The van der Waals surface area contributed by atoms with Crippen molar-refractivity contribution in [2.45, 2.75) is 32.7 Å². The first-order chi connectivity index (χ1) is 12.4. The number of amides is 1. The van der Waals surface area contributed by atoms with Crippen LogP contribution in [0.2, 0.25) is 0 Å². The molecule has 0 unspecified atom stereocenters. The van der Waals surface area contributed by atoms with Gasteiger partial charge in [-0.3, -0.25) is 4.79 Å². The van der Waals surface area contributed by atoms with Crippen LogP contribution < -0.4 is 10.1 Å². The van der Waals surface area contributed by atoms with Crippen LogP contribution >= 0.6 is 0 Å². The summed E-state index contributed by atoms with van der Waals surface area (Å²) < 4.78 is 5.77. The Morgan fingerprint density at radius 3 is 2.38 bits per heavy atom. The summed E-state index contributed by atoms with van der Waals surface area (Å²) >= 11 is 0. The highest BCUT2D eigenvalue weighted by atomic mass is 16.5. The van der Waals surface area contributed by atoms with Gasteiger partial charge in [0.1, 0.15) is 5.75 Å². The molecule has 134 valence electrons. The third-order valence-electron chi connectivity index (χ3n) is 4.36. The molecule has 0 aliphatic heterocycles. The molecular weight excluding hydrogens is 322 g/mol. The number of rotatable bonds is 5. The van der Waals surface area contributed by atoms with Crippen molar-refractivity contribution in [3.63, 3.8) is 0 Å². The van der Waals surface area contributed by atoms with Crippen molar-refractivity contribution in [1.29, 1.82) is 0 Å². The standard InChI is InChI=1S/C23H25NO2/c1-23(2,3)20-10-6-7-11-21(20)26-16-22(25)24-15-17-12-13-18-8-4-5-9-19(18)14-17/h4-14H,15-16H2,1-3H3,(H,24,25). The molecule has 3 aromatic carbocycles. The molecule has 0 aliphatic rings. The highest BCUT2D eigenvalue weighted by Crippen LogP contribution is 2.30. The van der Waals surface area contributed by atoms with Gasteiger partial charge in [0, 0.05) is 6.54 Å². The summed E-state index contributed by atoms with van der Waals surface area (Å²) in [6.07, 6.45) is 0. The number of hydrogen-bond acceptors (Lipinski definition) is 2. The van der Waals surface area contributed by atoms with E-state index in [1.165, 1.54) is 10.8 Å². The van der Waals surface area contributed by atoms with E-state index < -0.39 is 0 Å². The lowest BCUT2D eigenvalue weighted by Crippen LogP contribution is -2.29. The number of fused-ring (bicyclic) bond motifs is 1. The summed E-state index contributed by atoms with van der Waals surface area (Å²) in [7, 11) is 0. The first kappa shape index (κ1) is 18.0. The van der Waals surface area contributed by atoms with Crippen molar-refractivity contribution in [2.75, 3.05) is 6.61 Å². The Morgan fingerprint density at radius 1 is 0.923 bits per heavy atom. The molecule has 3 rings (SSSR count). The maximum Gasteiger partial charge on any atom is 0.258 e. The zero-order valence-electron chi connectivity index (χ0n) is 15.6. The molecule has 1 N–H and O–H groups in total. The van der Waals surface area contributed by atoms with Gasteiger partial charge < -0.3 is 10.1 Å². The second-order valence-corrected chi connectivity index (χ2v) is 7.49. The topological polar surface area (TPSA) is 38.3 Å². The number of nitrogens with one attached hydrogen (secondary N) is 1. The van der Waals surface area contributed by atoms with E-state index in [0.29, 0.717) is 6.54 Å². The van der Waals surface area contributed by atoms with Crippen LogP contribution in [0.3, 0.4) is 0 Å². The quantitative estimate of drug-likeness (QED) is 0.718. The van der Waals surface area contributed by atoms with E-state index in [-0.39, 0.29) is 17.9 Å². The SMILES string of the molecule is CC(C)(C)c1ccccc1OCC(=O)NCc1ccc2ccccc2c1. The Kier molecular flexibility index (Phi) is 5.27. The summed E-state index contributed by atoms with van der Waals surface area (Å²) in [6, 6.07) is 22.3. The molecule has 3 heteroatoms. The minimum Gasteiger partial charge on any atom is -0.483 e. The number of carbonyl (C=O) groups excluding carboxylic acids is 1. The second kappa shape index (κ2) is 7.61. The Bertz CT molecular complexity index is 909. The van der Waals surface area contributed by atoms with Gasteiger partial charge in [0.05, 0.1) is 0 Å². The van der Waals surface area contributed by atoms with Crippen LogP contribution in [0.25, 0.3) is 10.8 Å². The Morgan fingerprint density at radius 2 is 1.62 bits per heavy atom. The van der Waals surface area contributed by atoms with Gasteiger partial charge in [-0.05, 0) is 39.4 Å². The van der Waals surface area contributed by atoms with Crippen molar-refractivity contribution in [3.05, 3.63) is 77.9 Å². The van der Waals surface area contributed by atoms with Crippen molar-refractivity contribution in [1.82, 2.24) is 5.32 Å². The van der Waals surface area contributed by atoms with E-state index in [9.17, 15) is 4.79 Å². The third-order valence-corrected chi connectivity index (χ3v) is 4.36. The lowest BCUT2D eigenvalue weighted by atomic mass is 9.86. The molecule has 3 aromatic rings. The average Bonchev–Trinajstić information content (AvgIpc) is 2.64. The number of ether oxygens (including phenoxy) is 1. The van der Waals surface area contributed by atoms with Crippen LogP contribution in [0.5, 0.6) is 5.75 Å². The maximum absolute atomic E-state index is 12.2. The largest absolute Gasteiger partial charge is 0.483 e. The van der Waals surface area contributed by atoms with Gasteiger partial charge in [-0.1, -0.05) is 75.4 Å². The fraction of sp³-hybridized carbons (Fsp3) is 0.261. The van der Waals surface area contributed by atoms with E-state index in [2.05, 4.69) is 50.4 Å². The molecule has 26 heavy (non-hydrogen) atoms. The summed E-state index contributed by atoms with van der Waals surface area (Å²) in [5.41, 5.74) is 2.15. The zero-order chi connectivity index (χ0) is 18.6. The van der Waals surface area contributed by atoms with E-state index in [1.807, 2.05) is 42.5 Å². The zero-order valence-corrected chi connectivity index (χ0v) is 15.6. The number of para-hydroxylation sites is 1. The van der Waals surface area contributed by atoms with Crippen LogP contribution in [0.4, 0.5) is 0 Å². The van der Waals surface area contributed by atoms with Crippen molar-refractivity contribution in [2.24, 2.45) is 0 Å². The van der Waals surface area contributed by atoms with Crippen molar-refractivity contribution in [3.8, 4) is 5.75 Å². The number of carbonyl (C=O) groups is 1. The van der Waals surface area contributed by atoms with Gasteiger partial charge >= 0.3 is 0 Å². The lowest BCUT2D eigenvalue weighted by molar-refractivity contribution is -0.123. The molecule has 0 atom stereocenters. The number of benzene rings is 3. The molecule has 3 nitrogen and oxygen atoms in total. The number of hydrogen-bond donors (Lipinski definition) is 1. The molecule has 0 bridgehead atoms. The minimum absolute atomic E-state index is 0.0146. The normalized spacial score (nSPS) is 11.3. The molecule has 0 radical (unpaired) electrons. The van der Waals surface area contributed by atoms with Gasteiger partial charge in [-0.25, -0.2) is 0 Å². The fourth-order valence-corrected chi connectivity index (χ4v) is 2.96. The summed E-state index contributed by atoms with van der Waals surface area (Å²) in [6.45, 7) is 6.91. The first-order valence-electron chi connectivity index (χ1n) is 8.90. The predicted octanol–water partition coefficient (Wildman–Crippen LogP) is 4.83. The lowest BCUT2D eigenvalue weighted by Gasteiger charge is -2.22. The Hall–Kier alpha value is -2.81. The Balaban J connectivity index is 1.58. The molecule has 0 aromatic heterocycles. The van der Waals surface area contributed by atoms with Crippen molar-refractivity contribution >= 4 is 16.7 Å². The molecule has 0 spiro atoms. The van der Waals surface area contributed by atoms with Gasteiger partial charge in [0.2, 0.25) is 0 Å². The van der Waals surface area contributed by atoms with E-state index in [0.717, 1.165) is 16.9 Å². The molecule has 1 amide bonds. The average molecular weight is 347 g/mol. The maximum atomic E-state index is 12.2. The molecule has 0 heterocycles.